The zero-order valence-electron chi connectivity index (χ0n) is 11.8. The first-order valence-electron chi connectivity index (χ1n) is 6.35. The normalized spacial score (nSPS) is 13.5. The van der Waals surface area contributed by atoms with Crippen LogP contribution in [0.2, 0.25) is 0 Å². The van der Waals surface area contributed by atoms with Gasteiger partial charge in [0.1, 0.15) is 11.5 Å². The molecule has 0 fully saturated rings. The molecule has 6 heteroatoms. The fourth-order valence-electron chi connectivity index (χ4n) is 2.44. The van der Waals surface area contributed by atoms with Gasteiger partial charge in [-0.1, -0.05) is 22.0 Å². The summed E-state index contributed by atoms with van der Waals surface area (Å²) in [5.41, 5.74) is 0.231. The maximum Gasteiger partial charge on any atom is 0.416 e. The molecule has 114 valence electrons. The van der Waals surface area contributed by atoms with Crippen molar-refractivity contribution in [1.82, 2.24) is 5.32 Å². The SMILES string of the molecule is CNC(c1ccc(Br)cc1C(F)(F)F)c1cc(C)oc1C. The second-order valence-corrected chi connectivity index (χ2v) is 5.74. The third-order valence-corrected chi connectivity index (χ3v) is 3.80. The topological polar surface area (TPSA) is 25.2 Å². The van der Waals surface area contributed by atoms with Gasteiger partial charge in [-0.3, -0.25) is 0 Å². The average Bonchev–Trinajstić information content (AvgIpc) is 2.70. The molecular weight excluding hydrogens is 347 g/mol. The van der Waals surface area contributed by atoms with Crippen molar-refractivity contribution < 1.29 is 17.6 Å². The van der Waals surface area contributed by atoms with E-state index >= 15 is 0 Å². The summed E-state index contributed by atoms with van der Waals surface area (Å²) in [6.45, 7) is 3.52. The maximum atomic E-state index is 13.3. The number of halogens is 4. The number of hydrogen-bond acceptors (Lipinski definition) is 2. The highest BCUT2D eigenvalue weighted by Crippen LogP contribution is 2.39. The van der Waals surface area contributed by atoms with Crippen LogP contribution in [0.25, 0.3) is 0 Å². The summed E-state index contributed by atoms with van der Waals surface area (Å²) in [5.74, 6) is 1.29. The summed E-state index contributed by atoms with van der Waals surface area (Å²) in [6.07, 6.45) is -4.42. The van der Waals surface area contributed by atoms with Gasteiger partial charge in [0.25, 0.3) is 0 Å². The number of alkyl halides is 3. The lowest BCUT2D eigenvalue weighted by atomic mass is 9.94. The fourth-order valence-corrected chi connectivity index (χ4v) is 2.80. The van der Waals surface area contributed by atoms with Crippen molar-refractivity contribution in [3.05, 3.63) is 56.9 Å². The van der Waals surface area contributed by atoms with E-state index in [1.807, 2.05) is 0 Å². The lowest BCUT2D eigenvalue weighted by molar-refractivity contribution is -0.138. The van der Waals surface area contributed by atoms with Gasteiger partial charge < -0.3 is 9.73 Å². The molecule has 0 saturated heterocycles. The predicted molar refractivity (Wildman–Crippen MR) is 78.2 cm³/mol. The van der Waals surface area contributed by atoms with Crippen LogP contribution in [-0.4, -0.2) is 7.05 Å². The van der Waals surface area contributed by atoms with Crippen LogP contribution in [-0.2, 0) is 6.18 Å². The first-order chi connectivity index (χ1) is 9.74. The lowest BCUT2D eigenvalue weighted by Crippen LogP contribution is -2.22. The molecule has 0 aliphatic rings. The van der Waals surface area contributed by atoms with Gasteiger partial charge in [0.2, 0.25) is 0 Å². The van der Waals surface area contributed by atoms with E-state index < -0.39 is 17.8 Å². The monoisotopic (exact) mass is 361 g/mol. The smallest absolute Gasteiger partial charge is 0.416 e. The zero-order chi connectivity index (χ0) is 15.8. The molecule has 0 bridgehead atoms. The Kier molecular flexibility index (Phi) is 4.49. The second-order valence-electron chi connectivity index (χ2n) is 4.82. The van der Waals surface area contributed by atoms with Crippen LogP contribution in [0.1, 0.15) is 34.3 Å². The Morgan fingerprint density at radius 1 is 1.14 bits per heavy atom. The Hall–Kier alpha value is -1.27. The largest absolute Gasteiger partial charge is 0.466 e. The minimum atomic E-state index is -4.42. The first-order valence-corrected chi connectivity index (χ1v) is 7.14. The van der Waals surface area contributed by atoms with Crippen molar-refractivity contribution in [1.29, 1.82) is 0 Å². The average molecular weight is 362 g/mol. The molecule has 0 radical (unpaired) electrons. The van der Waals surface area contributed by atoms with Crippen molar-refractivity contribution in [2.45, 2.75) is 26.1 Å². The van der Waals surface area contributed by atoms with Crippen molar-refractivity contribution in [3.63, 3.8) is 0 Å². The van der Waals surface area contributed by atoms with Gasteiger partial charge >= 0.3 is 6.18 Å². The molecule has 0 spiro atoms. The third-order valence-electron chi connectivity index (χ3n) is 3.31. The number of rotatable bonds is 3. The summed E-state index contributed by atoms with van der Waals surface area (Å²) in [7, 11) is 1.63. The molecule has 21 heavy (non-hydrogen) atoms. The summed E-state index contributed by atoms with van der Waals surface area (Å²) >= 11 is 3.10. The fraction of sp³-hybridized carbons (Fsp3) is 0.333. The molecule has 0 aliphatic heterocycles. The molecule has 0 amide bonds. The quantitative estimate of drug-likeness (QED) is 0.833. The van der Waals surface area contributed by atoms with E-state index in [1.165, 1.54) is 6.07 Å². The zero-order valence-corrected chi connectivity index (χ0v) is 13.4. The van der Waals surface area contributed by atoms with E-state index in [9.17, 15) is 13.2 Å². The summed E-state index contributed by atoms with van der Waals surface area (Å²) in [5, 5.41) is 2.95. The predicted octanol–water partition coefficient (Wildman–Crippen LogP) is 4.99. The summed E-state index contributed by atoms with van der Waals surface area (Å²) < 4.78 is 45.7. The molecule has 0 aliphatic carbocycles. The molecule has 2 nitrogen and oxygen atoms in total. The highest BCUT2D eigenvalue weighted by Gasteiger charge is 2.36. The second kappa shape index (κ2) is 5.85. The van der Waals surface area contributed by atoms with Crippen LogP contribution in [0.3, 0.4) is 0 Å². The van der Waals surface area contributed by atoms with Crippen LogP contribution in [0.5, 0.6) is 0 Å². The Morgan fingerprint density at radius 2 is 1.81 bits per heavy atom. The Labute approximate surface area is 129 Å². The minimum absolute atomic E-state index is 0.178. The van der Waals surface area contributed by atoms with Gasteiger partial charge in [-0.05, 0) is 44.7 Å². The van der Waals surface area contributed by atoms with Crippen molar-refractivity contribution in [2.75, 3.05) is 7.05 Å². The van der Waals surface area contributed by atoms with Gasteiger partial charge in [-0.25, -0.2) is 0 Å². The van der Waals surface area contributed by atoms with Crippen LogP contribution < -0.4 is 5.32 Å². The van der Waals surface area contributed by atoms with Crippen LogP contribution in [0, 0.1) is 13.8 Å². The van der Waals surface area contributed by atoms with Gasteiger partial charge in [0.05, 0.1) is 11.6 Å². The van der Waals surface area contributed by atoms with Crippen molar-refractivity contribution >= 4 is 15.9 Å². The molecule has 0 saturated carbocycles. The van der Waals surface area contributed by atoms with Gasteiger partial charge in [0, 0.05) is 10.0 Å². The highest BCUT2D eigenvalue weighted by molar-refractivity contribution is 9.10. The van der Waals surface area contributed by atoms with E-state index in [-0.39, 0.29) is 5.56 Å². The number of hydrogen-bond donors (Lipinski definition) is 1. The van der Waals surface area contributed by atoms with Gasteiger partial charge in [-0.2, -0.15) is 13.2 Å². The molecule has 1 N–H and O–H groups in total. The number of nitrogens with one attached hydrogen (secondary N) is 1. The number of furan rings is 1. The van der Waals surface area contributed by atoms with Crippen molar-refractivity contribution in [3.8, 4) is 0 Å². The third kappa shape index (κ3) is 3.32. The Bertz CT molecular complexity index is 649. The summed E-state index contributed by atoms with van der Waals surface area (Å²) in [4.78, 5) is 0. The Balaban J connectivity index is 2.60. The van der Waals surface area contributed by atoms with Gasteiger partial charge in [-0.15, -0.1) is 0 Å². The first kappa shape index (κ1) is 16.1. The van der Waals surface area contributed by atoms with E-state index in [0.29, 0.717) is 21.6 Å². The van der Waals surface area contributed by atoms with Crippen LogP contribution >= 0.6 is 15.9 Å². The molecule has 1 heterocycles. The standard InChI is InChI=1S/C15H15BrF3NO/c1-8-6-12(9(2)21-8)14(20-3)11-5-4-10(16)7-13(11)15(17,18)19/h4-7,14,20H,1-3H3. The van der Waals surface area contributed by atoms with Crippen molar-refractivity contribution in [2.24, 2.45) is 0 Å². The highest BCUT2D eigenvalue weighted by atomic mass is 79.9. The minimum Gasteiger partial charge on any atom is -0.466 e. The maximum absolute atomic E-state index is 13.3. The van der Waals surface area contributed by atoms with E-state index in [2.05, 4.69) is 21.2 Å². The number of benzene rings is 1. The molecule has 1 aromatic heterocycles. The number of aryl methyl sites for hydroxylation is 2. The molecule has 1 atom stereocenters. The molecule has 2 rings (SSSR count). The molecular formula is C15H15BrF3NO. The van der Waals surface area contributed by atoms with E-state index in [1.54, 1.807) is 33.0 Å². The molecule has 2 aromatic rings. The van der Waals surface area contributed by atoms with Gasteiger partial charge in [0.15, 0.2) is 0 Å². The lowest BCUT2D eigenvalue weighted by Gasteiger charge is -2.21. The molecule has 1 unspecified atom stereocenters. The Morgan fingerprint density at radius 3 is 2.29 bits per heavy atom. The van der Waals surface area contributed by atoms with E-state index in [4.69, 9.17) is 4.42 Å². The van der Waals surface area contributed by atoms with Crippen LogP contribution in [0.15, 0.2) is 33.2 Å². The van der Waals surface area contributed by atoms with Crippen LogP contribution in [0.4, 0.5) is 13.2 Å². The molecule has 1 aromatic carbocycles. The summed E-state index contributed by atoms with van der Waals surface area (Å²) in [6, 6.07) is 5.38. The van der Waals surface area contributed by atoms with E-state index in [0.717, 1.165) is 6.07 Å².